The van der Waals surface area contributed by atoms with E-state index in [-0.39, 0.29) is 17.4 Å². The van der Waals surface area contributed by atoms with Crippen LogP contribution in [0.15, 0.2) is 0 Å². The Morgan fingerprint density at radius 1 is 0.962 bits per heavy atom. The SMILES string of the molecule is CC(=O)[C@H]1[C@H](C(C)C)C[C@H]2[C@@H]3CC[C@H]4C[C@@H](O)CC[C@]4(C)[C@H]3CC[C@@]21C. The summed E-state index contributed by atoms with van der Waals surface area (Å²) in [5.74, 6) is 5.04. The molecule has 0 amide bonds. The van der Waals surface area contributed by atoms with Crippen molar-refractivity contribution in [2.24, 2.45) is 52.3 Å². The van der Waals surface area contributed by atoms with Crippen LogP contribution in [0, 0.1) is 52.3 Å². The normalized spacial score (nSPS) is 53.7. The summed E-state index contributed by atoms with van der Waals surface area (Å²) in [5.41, 5.74) is 0.671. The van der Waals surface area contributed by atoms with Crippen molar-refractivity contribution in [3.8, 4) is 0 Å². The lowest BCUT2D eigenvalue weighted by Crippen LogP contribution is -2.54. The van der Waals surface area contributed by atoms with E-state index < -0.39 is 0 Å². The molecule has 0 unspecified atom stereocenters. The van der Waals surface area contributed by atoms with E-state index in [1.807, 2.05) is 6.92 Å². The third kappa shape index (κ3) is 2.57. The van der Waals surface area contributed by atoms with Gasteiger partial charge in [-0.15, -0.1) is 0 Å². The maximum absolute atomic E-state index is 12.7. The molecule has 26 heavy (non-hydrogen) atoms. The quantitative estimate of drug-likeness (QED) is 0.708. The third-order valence-electron chi connectivity index (χ3n) is 10.0. The summed E-state index contributed by atoms with van der Waals surface area (Å²) in [4.78, 5) is 12.7. The molecule has 0 aromatic rings. The Hall–Kier alpha value is -0.370. The van der Waals surface area contributed by atoms with Crippen LogP contribution in [0.3, 0.4) is 0 Å². The maximum Gasteiger partial charge on any atom is 0.133 e. The molecule has 4 aliphatic carbocycles. The highest BCUT2D eigenvalue weighted by atomic mass is 16.3. The molecular formula is C24H40O2. The van der Waals surface area contributed by atoms with Gasteiger partial charge in [0, 0.05) is 5.92 Å². The smallest absolute Gasteiger partial charge is 0.133 e. The number of carbonyl (C=O) groups excluding carboxylic acids is 1. The Bertz CT molecular complexity index is 569. The van der Waals surface area contributed by atoms with Crippen LogP contribution in [0.5, 0.6) is 0 Å². The lowest BCUT2D eigenvalue weighted by atomic mass is 9.44. The van der Waals surface area contributed by atoms with Crippen molar-refractivity contribution in [3.05, 3.63) is 0 Å². The second-order valence-corrected chi connectivity index (χ2v) is 11.4. The number of fused-ring (bicyclic) bond motifs is 5. The minimum Gasteiger partial charge on any atom is -0.393 e. The minimum absolute atomic E-state index is 0.0580. The Morgan fingerprint density at radius 2 is 1.65 bits per heavy atom. The van der Waals surface area contributed by atoms with Crippen LogP contribution in [0.4, 0.5) is 0 Å². The maximum atomic E-state index is 12.7. The van der Waals surface area contributed by atoms with Gasteiger partial charge in [0.25, 0.3) is 0 Å². The molecule has 1 N–H and O–H groups in total. The van der Waals surface area contributed by atoms with Crippen molar-refractivity contribution in [2.45, 2.75) is 92.1 Å². The molecule has 4 fully saturated rings. The standard InChI is InChI=1S/C24H40O2/c1-14(2)19-13-21-18-7-6-16-12-17(26)8-10-23(16,4)20(18)9-11-24(21,5)22(19)15(3)25/h14,16-22,26H,6-13H2,1-5H3/t16-,17-,18+,19-,20-,21-,22-,23-,24-/m0/s1. The van der Waals surface area contributed by atoms with Crippen molar-refractivity contribution in [3.63, 3.8) is 0 Å². The molecule has 0 radical (unpaired) electrons. The third-order valence-corrected chi connectivity index (χ3v) is 10.0. The van der Waals surface area contributed by atoms with Gasteiger partial charge in [0.1, 0.15) is 5.78 Å². The summed E-state index contributed by atoms with van der Waals surface area (Å²) in [5, 5.41) is 10.2. The average Bonchev–Trinajstić information content (AvgIpc) is 2.89. The Labute approximate surface area is 160 Å². The van der Waals surface area contributed by atoms with Gasteiger partial charge in [-0.1, -0.05) is 27.7 Å². The first-order valence-electron chi connectivity index (χ1n) is 11.4. The highest BCUT2D eigenvalue weighted by molar-refractivity contribution is 5.80. The predicted molar refractivity (Wildman–Crippen MR) is 106 cm³/mol. The molecule has 0 aromatic heterocycles. The van der Waals surface area contributed by atoms with Crippen molar-refractivity contribution >= 4 is 5.78 Å². The zero-order valence-electron chi connectivity index (χ0n) is 17.6. The van der Waals surface area contributed by atoms with Crippen LogP contribution < -0.4 is 0 Å². The number of Topliss-reactive ketones (excluding diaryl/α,β-unsaturated/α-hetero) is 1. The Balaban J connectivity index is 1.65. The highest BCUT2D eigenvalue weighted by Crippen LogP contribution is 2.69. The van der Waals surface area contributed by atoms with Gasteiger partial charge in [0.15, 0.2) is 0 Å². The van der Waals surface area contributed by atoms with E-state index in [0.29, 0.717) is 23.0 Å². The van der Waals surface area contributed by atoms with Crippen LogP contribution >= 0.6 is 0 Å². The van der Waals surface area contributed by atoms with Gasteiger partial charge in [-0.3, -0.25) is 4.79 Å². The fourth-order valence-electron chi connectivity index (χ4n) is 8.75. The van der Waals surface area contributed by atoms with E-state index in [1.165, 1.54) is 38.5 Å². The average molecular weight is 361 g/mol. The fourth-order valence-corrected chi connectivity index (χ4v) is 8.75. The molecular weight excluding hydrogens is 320 g/mol. The van der Waals surface area contributed by atoms with Gasteiger partial charge in [0.2, 0.25) is 0 Å². The van der Waals surface area contributed by atoms with Crippen molar-refractivity contribution < 1.29 is 9.90 Å². The molecule has 0 aromatic carbocycles. The molecule has 2 heteroatoms. The predicted octanol–water partition coefficient (Wildman–Crippen LogP) is 5.48. The zero-order chi connectivity index (χ0) is 18.9. The second kappa shape index (κ2) is 6.33. The summed E-state index contributed by atoms with van der Waals surface area (Å²) >= 11 is 0. The van der Waals surface area contributed by atoms with Gasteiger partial charge in [0.05, 0.1) is 6.10 Å². The number of aliphatic hydroxyl groups excluding tert-OH is 1. The van der Waals surface area contributed by atoms with E-state index in [9.17, 15) is 9.90 Å². The Kier molecular flexibility index (Phi) is 4.61. The number of hydrogen-bond donors (Lipinski definition) is 1. The topological polar surface area (TPSA) is 37.3 Å². The van der Waals surface area contributed by atoms with E-state index in [0.717, 1.165) is 36.5 Å². The van der Waals surface area contributed by atoms with Crippen molar-refractivity contribution in [2.75, 3.05) is 0 Å². The zero-order valence-corrected chi connectivity index (χ0v) is 17.6. The summed E-state index contributed by atoms with van der Waals surface area (Å²) in [6.45, 7) is 11.6. The van der Waals surface area contributed by atoms with Gasteiger partial charge in [-0.25, -0.2) is 0 Å². The van der Waals surface area contributed by atoms with E-state index >= 15 is 0 Å². The van der Waals surface area contributed by atoms with Crippen LogP contribution in [0.2, 0.25) is 0 Å². The molecule has 4 rings (SSSR count). The molecule has 0 spiro atoms. The first-order chi connectivity index (χ1) is 12.2. The molecule has 0 heterocycles. The Morgan fingerprint density at radius 3 is 2.31 bits per heavy atom. The summed E-state index contributed by atoms with van der Waals surface area (Å²) in [7, 11) is 0. The number of carbonyl (C=O) groups is 1. The first-order valence-corrected chi connectivity index (χ1v) is 11.4. The van der Waals surface area contributed by atoms with Gasteiger partial charge in [-0.05, 0) is 105 Å². The molecule has 0 aliphatic heterocycles. The van der Waals surface area contributed by atoms with Crippen molar-refractivity contribution in [1.82, 2.24) is 0 Å². The van der Waals surface area contributed by atoms with E-state index in [4.69, 9.17) is 0 Å². The number of rotatable bonds is 2. The minimum atomic E-state index is -0.0580. The first kappa shape index (κ1) is 19.0. The molecule has 4 aliphatic rings. The monoisotopic (exact) mass is 360 g/mol. The summed E-state index contributed by atoms with van der Waals surface area (Å²) in [6, 6.07) is 0. The van der Waals surface area contributed by atoms with Crippen LogP contribution in [-0.4, -0.2) is 17.0 Å². The molecule has 4 saturated carbocycles. The van der Waals surface area contributed by atoms with Gasteiger partial charge >= 0.3 is 0 Å². The summed E-state index contributed by atoms with van der Waals surface area (Å²) in [6.07, 6.45) is 9.68. The highest BCUT2D eigenvalue weighted by Gasteiger charge is 2.63. The number of ketones is 1. The van der Waals surface area contributed by atoms with Gasteiger partial charge in [-0.2, -0.15) is 0 Å². The lowest BCUT2D eigenvalue weighted by Gasteiger charge is -2.60. The largest absolute Gasteiger partial charge is 0.393 e. The van der Waals surface area contributed by atoms with Crippen LogP contribution in [0.1, 0.15) is 86.0 Å². The van der Waals surface area contributed by atoms with Gasteiger partial charge < -0.3 is 5.11 Å². The molecule has 2 nitrogen and oxygen atoms in total. The molecule has 0 bridgehead atoms. The fraction of sp³-hybridized carbons (Fsp3) is 0.958. The molecule has 148 valence electrons. The number of aliphatic hydroxyl groups is 1. The van der Waals surface area contributed by atoms with Crippen molar-refractivity contribution in [1.29, 1.82) is 0 Å². The number of hydrogen-bond acceptors (Lipinski definition) is 2. The second-order valence-electron chi connectivity index (χ2n) is 11.4. The van der Waals surface area contributed by atoms with Crippen LogP contribution in [-0.2, 0) is 4.79 Å². The molecule has 0 saturated heterocycles. The van der Waals surface area contributed by atoms with Crippen LogP contribution in [0.25, 0.3) is 0 Å². The van der Waals surface area contributed by atoms with E-state index in [1.54, 1.807) is 0 Å². The lowest BCUT2D eigenvalue weighted by molar-refractivity contribution is -0.139. The molecule has 9 atom stereocenters. The summed E-state index contributed by atoms with van der Waals surface area (Å²) < 4.78 is 0. The van der Waals surface area contributed by atoms with E-state index in [2.05, 4.69) is 27.7 Å².